The molecule has 0 radical (unpaired) electrons. The third-order valence-corrected chi connectivity index (χ3v) is 6.02. The highest BCUT2D eigenvalue weighted by molar-refractivity contribution is 5.92. The molecule has 1 aromatic heterocycles. The number of nitrogens with zero attached hydrogens (tertiary/aromatic N) is 3. The second-order valence-electron chi connectivity index (χ2n) is 9.26. The van der Waals surface area contributed by atoms with Gasteiger partial charge in [0.2, 0.25) is 5.91 Å². The molecule has 0 saturated carbocycles. The molecule has 0 spiro atoms. The van der Waals surface area contributed by atoms with Gasteiger partial charge in [0, 0.05) is 38.6 Å². The maximum Gasteiger partial charge on any atom is 0.272 e. The van der Waals surface area contributed by atoms with Gasteiger partial charge in [0.25, 0.3) is 5.91 Å². The van der Waals surface area contributed by atoms with Gasteiger partial charge in [0.05, 0.1) is 5.69 Å². The van der Waals surface area contributed by atoms with Crippen LogP contribution in [0.1, 0.15) is 74.2 Å². The third kappa shape index (κ3) is 7.42. The van der Waals surface area contributed by atoms with E-state index in [0.29, 0.717) is 44.2 Å². The predicted molar refractivity (Wildman–Crippen MR) is 131 cm³/mol. The summed E-state index contributed by atoms with van der Waals surface area (Å²) in [5.41, 5.74) is 2.78. The minimum Gasteiger partial charge on any atom is -0.356 e. The van der Waals surface area contributed by atoms with E-state index in [1.165, 1.54) is 0 Å². The summed E-state index contributed by atoms with van der Waals surface area (Å²) in [6.07, 6.45) is 3.88. The fraction of sp³-hybridized carbons (Fsp3) is 0.577. The van der Waals surface area contributed by atoms with Gasteiger partial charge in [0.1, 0.15) is 5.69 Å². The molecule has 7 heteroatoms. The molecule has 2 N–H and O–H groups in total. The zero-order valence-electron chi connectivity index (χ0n) is 20.3. The lowest BCUT2D eigenvalue weighted by Crippen LogP contribution is -2.36. The van der Waals surface area contributed by atoms with E-state index >= 15 is 0 Å². The van der Waals surface area contributed by atoms with Crippen LogP contribution in [0.2, 0.25) is 0 Å². The Kier molecular flexibility index (Phi) is 9.48. The molecule has 2 aromatic rings. The van der Waals surface area contributed by atoms with Gasteiger partial charge in [-0.3, -0.25) is 14.3 Å². The van der Waals surface area contributed by atoms with Crippen molar-refractivity contribution in [2.75, 3.05) is 26.2 Å². The molecule has 2 amide bonds. The second kappa shape index (κ2) is 12.5. The Morgan fingerprint density at radius 2 is 1.88 bits per heavy atom. The van der Waals surface area contributed by atoms with Gasteiger partial charge in [-0.15, -0.1) is 0 Å². The SMILES string of the molecule is CCn1nc(CC(C)C)cc1C(=O)N1CCCCNC(c2ccccc2)CC(=O)NCCC1. The van der Waals surface area contributed by atoms with Crippen LogP contribution in [0.15, 0.2) is 36.4 Å². The van der Waals surface area contributed by atoms with Crippen molar-refractivity contribution >= 4 is 11.8 Å². The largest absolute Gasteiger partial charge is 0.356 e. The second-order valence-corrected chi connectivity index (χ2v) is 9.26. The average Bonchev–Trinajstić information content (AvgIpc) is 3.21. The highest BCUT2D eigenvalue weighted by atomic mass is 16.2. The number of nitrogens with one attached hydrogen (secondary N) is 2. The lowest BCUT2D eigenvalue weighted by molar-refractivity contribution is -0.121. The Labute approximate surface area is 197 Å². The Hall–Kier alpha value is -2.67. The first-order valence-electron chi connectivity index (χ1n) is 12.4. The number of hydrogen-bond donors (Lipinski definition) is 2. The Balaban J connectivity index is 1.67. The van der Waals surface area contributed by atoms with Gasteiger partial charge in [-0.2, -0.15) is 5.10 Å². The first-order chi connectivity index (χ1) is 16.0. The zero-order chi connectivity index (χ0) is 23.6. The topological polar surface area (TPSA) is 79.3 Å². The number of benzene rings is 1. The standard InChI is InChI=1S/C26H39N5O2/c1-4-31-24(18-22(29-31)17-20(2)3)26(33)30-15-9-8-13-27-23(21-11-6-5-7-12-21)19-25(32)28-14-10-16-30/h5-7,11-12,18,20,23,27H,4,8-10,13-17,19H2,1-3H3,(H,28,32). The predicted octanol–water partition coefficient (Wildman–Crippen LogP) is 3.56. The summed E-state index contributed by atoms with van der Waals surface area (Å²) < 4.78 is 1.83. The van der Waals surface area contributed by atoms with Crippen molar-refractivity contribution in [3.05, 3.63) is 53.3 Å². The number of amides is 2. The maximum absolute atomic E-state index is 13.4. The van der Waals surface area contributed by atoms with E-state index in [1.807, 2.05) is 40.8 Å². The van der Waals surface area contributed by atoms with Crippen LogP contribution in [0.25, 0.3) is 0 Å². The van der Waals surface area contributed by atoms with Crippen LogP contribution < -0.4 is 10.6 Å². The molecule has 2 heterocycles. The quantitative estimate of drug-likeness (QED) is 0.726. The van der Waals surface area contributed by atoms with Gasteiger partial charge < -0.3 is 15.5 Å². The average molecular weight is 454 g/mol. The van der Waals surface area contributed by atoms with Gasteiger partial charge in [0.15, 0.2) is 0 Å². The number of hydrogen-bond acceptors (Lipinski definition) is 4. The first kappa shape index (κ1) is 25.0. The van der Waals surface area contributed by atoms with Crippen molar-refractivity contribution in [1.82, 2.24) is 25.3 Å². The normalized spacial score (nSPS) is 18.8. The number of carbonyl (C=O) groups is 2. The van der Waals surface area contributed by atoms with E-state index in [0.717, 1.165) is 43.5 Å². The third-order valence-electron chi connectivity index (χ3n) is 6.02. The van der Waals surface area contributed by atoms with Gasteiger partial charge in [-0.05, 0) is 56.7 Å². The fourth-order valence-electron chi connectivity index (χ4n) is 4.33. The van der Waals surface area contributed by atoms with Crippen molar-refractivity contribution in [2.45, 2.75) is 65.5 Å². The zero-order valence-corrected chi connectivity index (χ0v) is 20.3. The molecule has 1 saturated heterocycles. The number of rotatable bonds is 5. The molecule has 1 aliphatic rings. The fourth-order valence-corrected chi connectivity index (χ4v) is 4.33. The molecular weight excluding hydrogens is 414 g/mol. The summed E-state index contributed by atoms with van der Waals surface area (Å²) in [4.78, 5) is 27.9. The smallest absolute Gasteiger partial charge is 0.272 e. The van der Waals surface area contributed by atoms with Crippen LogP contribution in [-0.2, 0) is 17.8 Å². The minimum atomic E-state index is 0.00275. The summed E-state index contributed by atoms with van der Waals surface area (Å²) in [6, 6.07) is 12.1. The molecule has 3 rings (SSSR count). The molecular formula is C26H39N5O2. The highest BCUT2D eigenvalue weighted by Gasteiger charge is 2.22. The van der Waals surface area contributed by atoms with Crippen LogP contribution in [0.4, 0.5) is 0 Å². The Morgan fingerprint density at radius 1 is 1.12 bits per heavy atom. The van der Waals surface area contributed by atoms with E-state index in [1.54, 1.807) is 0 Å². The van der Waals surface area contributed by atoms with Crippen molar-refractivity contribution in [1.29, 1.82) is 0 Å². The molecule has 1 aliphatic heterocycles. The van der Waals surface area contributed by atoms with Crippen molar-refractivity contribution in [2.24, 2.45) is 5.92 Å². The van der Waals surface area contributed by atoms with Crippen LogP contribution in [0.3, 0.4) is 0 Å². The molecule has 0 bridgehead atoms. The van der Waals surface area contributed by atoms with Crippen LogP contribution >= 0.6 is 0 Å². The first-order valence-corrected chi connectivity index (χ1v) is 12.4. The van der Waals surface area contributed by atoms with Crippen LogP contribution in [0.5, 0.6) is 0 Å². The summed E-state index contributed by atoms with van der Waals surface area (Å²) in [6.45, 7) is 9.73. The van der Waals surface area contributed by atoms with Crippen LogP contribution in [0, 0.1) is 5.92 Å². The van der Waals surface area contributed by atoms with E-state index < -0.39 is 0 Å². The molecule has 33 heavy (non-hydrogen) atoms. The lowest BCUT2D eigenvalue weighted by Gasteiger charge is -2.23. The monoisotopic (exact) mass is 453 g/mol. The Bertz CT molecular complexity index is 893. The number of aryl methyl sites for hydroxylation is 1. The number of aromatic nitrogens is 2. The summed E-state index contributed by atoms with van der Waals surface area (Å²) in [5, 5.41) is 11.2. The summed E-state index contributed by atoms with van der Waals surface area (Å²) in [5.74, 6) is 0.570. The molecule has 0 aliphatic carbocycles. The molecule has 180 valence electrons. The van der Waals surface area contributed by atoms with Crippen LogP contribution in [-0.4, -0.2) is 52.7 Å². The molecule has 1 aromatic carbocycles. The van der Waals surface area contributed by atoms with E-state index in [2.05, 4.69) is 41.7 Å². The summed E-state index contributed by atoms with van der Waals surface area (Å²) in [7, 11) is 0. The van der Waals surface area contributed by atoms with Gasteiger partial charge in [-0.25, -0.2) is 0 Å². The molecule has 1 unspecified atom stereocenters. The number of carbonyl (C=O) groups excluding carboxylic acids is 2. The minimum absolute atomic E-state index is 0.00275. The van der Waals surface area contributed by atoms with E-state index in [9.17, 15) is 9.59 Å². The molecule has 1 fully saturated rings. The maximum atomic E-state index is 13.4. The van der Waals surface area contributed by atoms with Crippen molar-refractivity contribution < 1.29 is 9.59 Å². The van der Waals surface area contributed by atoms with Gasteiger partial charge >= 0.3 is 0 Å². The Morgan fingerprint density at radius 3 is 2.61 bits per heavy atom. The van der Waals surface area contributed by atoms with E-state index in [-0.39, 0.29) is 17.9 Å². The molecule has 1 atom stereocenters. The highest BCUT2D eigenvalue weighted by Crippen LogP contribution is 2.17. The van der Waals surface area contributed by atoms with Crippen molar-refractivity contribution in [3.63, 3.8) is 0 Å². The van der Waals surface area contributed by atoms with E-state index in [4.69, 9.17) is 0 Å². The lowest BCUT2D eigenvalue weighted by atomic mass is 10.0. The summed E-state index contributed by atoms with van der Waals surface area (Å²) >= 11 is 0. The van der Waals surface area contributed by atoms with Gasteiger partial charge in [-0.1, -0.05) is 44.2 Å². The molecule has 7 nitrogen and oxygen atoms in total. The van der Waals surface area contributed by atoms with Crippen molar-refractivity contribution in [3.8, 4) is 0 Å².